The molecule has 0 unspecified atom stereocenters. The number of anilines is 1. The quantitative estimate of drug-likeness (QED) is 0.599. The number of nitrogen functional groups attached to an aromatic ring is 1. The van der Waals surface area contributed by atoms with Crippen molar-refractivity contribution >= 4 is 28.2 Å². The van der Waals surface area contributed by atoms with Crippen LogP contribution in [0.25, 0.3) is 0 Å². The minimum atomic E-state index is 0.798. The van der Waals surface area contributed by atoms with Gasteiger partial charge in [0.2, 0.25) is 0 Å². The van der Waals surface area contributed by atoms with Gasteiger partial charge in [-0.15, -0.1) is 0 Å². The fourth-order valence-electron chi connectivity index (χ4n) is 1.43. The van der Waals surface area contributed by atoms with E-state index < -0.39 is 0 Å². The second kappa shape index (κ2) is 4.97. The Morgan fingerprint density at radius 2 is 2.29 bits per heavy atom. The third-order valence-electron chi connectivity index (χ3n) is 2.16. The summed E-state index contributed by atoms with van der Waals surface area (Å²) in [7, 11) is 0. The molecule has 3 N–H and O–H groups in total. The third-order valence-corrected chi connectivity index (χ3v) is 4.02. The minimum Gasteiger partial charge on any atom is -0.300 e. The summed E-state index contributed by atoms with van der Waals surface area (Å²) in [5.41, 5.74) is 2.57. The molecule has 0 radical (unpaired) electrons. The molecule has 0 aliphatic carbocycles. The maximum Gasteiger partial charge on any atom is 0.197 e. The van der Waals surface area contributed by atoms with Gasteiger partial charge in [0, 0.05) is 42.2 Å². The number of aromatic nitrogens is 1. The van der Waals surface area contributed by atoms with Gasteiger partial charge in [-0.05, 0) is 0 Å². The topological polar surface area (TPSA) is 54.2 Å². The van der Waals surface area contributed by atoms with Crippen molar-refractivity contribution in [2.24, 2.45) is 5.84 Å². The molecular weight excluding hydrogens is 216 g/mol. The van der Waals surface area contributed by atoms with Gasteiger partial charge in [0.25, 0.3) is 0 Å². The first-order valence-corrected chi connectivity index (χ1v) is 6.57. The van der Waals surface area contributed by atoms with Crippen molar-refractivity contribution in [3.8, 4) is 0 Å². The van der Waals surface area contributed by atoms with Crippen LogP contribution in [0, 0.1) is 0 Å². The number of thioether (sulfide) groups is 1. The normalized spacial score (nSPS) is 18.4. The van der Waals surface area contributed by atoms with E-state index in [4.69, 9.17) is 5.84 Å². The highest BCUT2D eigenvalue weighted by atomic mass is 32.2. The van der Waals surface area contributed by atoms with Crippen molar-refractivity contribution in [1.82, 2.24) is 9.88 Å². The lowest BCUT2D eigenvalue weighted by Gasteiger charge is -2.25. The zero-order valence-corrected chi connectivity index (χ0v) is 9.53. The minimum absolute atomic E-state index is 0.798. The van der Waals surface area contributed by atoms with E-state index in [9.17, 15) is 0 Å². The van der Waals surface area contributed by atoms with Crippen LogP contribution in [0.5, 0.6) is 0 Å². The van der Waals surface area contributed by atoms with Crippen molar-refractivity contribution < 1.29 is 0 Å². The van der Waals surface area contributed by atoms with E-state index in [1.54, 1.807) is 11.3 Å². The van der Waals surface area contributed by atoms with Crippen molar-refractivity contribution in [2.75, 3.05) is 30.0 Å². The van der Waals surface area contributed by atoms with E-state index >= 15 is 0 Å². The van der Waals surface area contributed by atoms with Gasteiger partial charge >= 0.3 is 0 Å². The molecule has 1 aromatic heterocycles. The highest BCUT2D eigenvalue weighted by Gasteiger charge is 2.11. The molecule has 0 spiro atoms. The molecule has 0 saturated carbocycles. The molecule has 0 aromatic carbocycles. The van der Waals surface area contributed by atoms with Gasteiger partial charge in [-0.1, -0.05) is 11.3 Å². The average Bonchev–Trinajstić information content (AvgIpc) is 2.67. The van der Waals surface area contributed by atoms with Crippen molar-refractivity contribution in [2.45, 2.75) is 6.54 Å². The smallest absolute Gasteiger partial charge is 0.197 e. The van der Waals surface area contributed by atoms with E-state index in [0.29, 0.717) is 0 Å². The lowest BCUT2D eigenvalue weighted by atomic mass is 10.4. The van der Waals surface area contributed by atoms with Crippen LogP contribution in [0.3, 0.4) is 0 Å². The highest BCUT2D eigenvalue weighted by Crippen LogP contribution is 2.20. The van der Waals surface area contributed by atoms with E-state index in [0.717, 1.165) is 11.7 Å². The molecule has 1 fully saturated rings. The number of rotatable bonds is 3. The standard InChI is InChI=1S/C8H14N4S2/c9-11-8-10-5-7(14-8)6-12-1-3-13-4-2-12/h5H,1-4,6,9H2,(H,10,11). The molecule has 2 rings (SSSR count). The van der Waals surface area contributed by atoms with Gasteiger partial charge in [0.15, 0.2) is 5.13 Å². The van der Waals surface area contributed by atoms with Crippen molar-refractivity contribution in [3.05, 3.63) is 11.1 Å². The van der Waals surface area contributed by atoms with Crippen LogP contribution in [-0.2, 0) is 6.54 Å². The van der Waals surface area contributed by atoms with E-state index in [1.165, 1.54) is 29.5 Å². The number of nitrogens with one attached hydrogen (secondary N) is 1. The second-order valence-electron chi connectivity index (χ2n) is 3.16. The average molecular weight is 230 g/mol. The van der Waals surface area contributed by atoms with Crippen molar-refractivity contribution in [3.63, 3.8) is 0 Å². The predicted molar refractivity (Wildman–Crippen MR) is 62.5 cm³/mol. The van der Waals surface area contributed by atoms with E-state index in [2.05, 4.69) is 15.3 Å². The van der Waals surface area contributed by atoms with Gasteiger partial charge in [-0.3, -0.25) is 10.3 Å². The monoisotopic (exact) mass is 230 g/mol. The molecule has 1 aliphatic rings. The van der Waals surface area contributed by atoms with Crippen LogP contribution >= 0.6 is 23.1 Å². The highest BCUT2D eigenvalue weighted by molar-refractivity contribution is 7.99. The third kappa shape index (κ3) is 2.60. The summed E-state index contributed by atoms with van der Waals surface area (Å²) in [5, 5.41) is 0.798. The van der Waals surface area contributed by atoms with Crippen LogP contribution in [-0.4, -0.2) is 34.5 Å². The number of hydrazine groups is 1. The Balaban J connectivity index is 1.89. The van der Waals surface area contributed by atoms with Gasteiger partial charge in [0.1, 0.15) is 0 Å². The fraction of sp³-hybridized carbons (Fsp3) is 0.625. The zero-order valence-electron chi connectivity index (χ0n) is 7.90. The Morgan fingerprint density at radius 3 is 2.93 bits per heavy atom. The molecule has 0 atom stereocenters. The maximum atomic E-state index is 5.28. The Bertz CT molecular complexity index is 283. The van der Waals surface area contributed by atoms with Gasteiger partial charge < -0.3 is 0 Å². The lowest BCUT2D eigenvalue weighted by Crippen LogP contribution is -2.31. The van der Waals surface area contributed by atoms with Crippen LogP contribution in [0.4, 0.5) is 5.13 Å². The summed E-state index contributed by atoms with van der Waals surface area (Å²) in [6, 6.07) is 0. The summed E-state index contributed by atoms with van der Waals surface area (Å²) in [4.78, 5) is 7.90. The largest absolute Gasteiger partial charge is 0.300 e. The van der Waals surface area contributed by atoms with Gasteiger partial charge in [-0.2, -0.15) is 11.8 Å². The first kappa shape index (κ1) is 10.2. The summed E-state index contributed by atoms with van der Waals surface area (Å²) >= 11 is 3.66. The predicted octanol–water partition coefficient (Wildman–Crippen LogP) is 0.977. The fourth-order valence-corrected chi connectivity index (χ4v) is 3.17. The molecule has 6 heteroatoms. The van der Waals surface area contributed by atoms with Crippen LogP contribution in [0.2, 0.25) is 0 Å². The number of nitrogens with two attached hydrogens (primary N) is 1. The molecule has 1 aliphatic heterocycles. The summed E-state index contributed by atoms with van der Waals surface area (Å²) < 4.78 is 0. The van der Waals surface area contributed by atoms with E-state index in [-0.39, 0.29) is 0 Å². The first-order chi connectivity index (χ1) is 6.88. The van der Waals surface area contributed by atoms with E-state index in [1.807, 2.05) is 18.0 Å². The Kier molecular flexibility index (Phi) is 3.63. The Morgan fingerprint density at radius 1 is 1.50 bits per heavy atom. The number of nitrogens with zero attached hydrogens (tertiary/aromatic N) is 2. The molecular formula is C8H14N4S2. The molecule has 0 bridgehead atoms. The SMILES string of the molecule is NNc1ncc(CN2CCSCC2)s1. The van der Waals surface area contributed by atoms with Crippen LogP contribution in [0.15, 0.2) is 6.20 Å². The maximum absolute atomic E-state index is 5.28. The van der Waals surface area contributed by atoms with Crippen molar-refractivity contribution in [1.29, 1.82) is 0 Å². The molecule has 0 amide bonds. The zero-order chi connectivity index (χ0) is 9.80. The van der Waals surface area contributed by atoms with Crippen LogP contribution in [0.1, 0.15) is 4.88 Å². The number of hydrogen-bond donors (Lipinski definition) is 2. The van der Waals surface area contributed by atoms with Crippen LogP contribution < -0.4 is 11.3 Å². The van der Waals surface area contributed by atoms with Gasteiger partial charge in [0.05, 0.1) is 0 Å². The molecule has 1 saturated heterocycles. The molecule has 2 heterocycles. The van der Waals surface area contributed by atoms with Gasteiger partial charge in [-0.25, -0.2) is 10.8 Å². The Labute approximate surface area is 91.9 Å². The summed E-state index contributed by atoms with van der Waals surface area (Å²) in [6.07, 6.45) is 1.90. The Hall–Kier alpha value is -0.300. The number of thiazole rings is 1. The molecule has 14 heavy (non-hydrogen) atoms. The molecule has 4 nitrogen and oxygen atoms in total. The second-order valence-corrected chi connectivity index (χ2v) is 5.50. The first-order valence-electron chi connectivity index (χ1n) is 4.60. The molecule has 78 valence electrons. The lowest BCUT2D eigenvalue weighted by molar-refractivity contribution is 0.297. The summed E-state index contributed by atoms with van der Waals surface area (Å²) in [6.45, 7) is 3.39. The number of hydrogen-bond acceptors (Lipinski definition) is 6. The molecule has 1 aromatic rings. The summed E-state index contributed by atoms with van der Waals surface area (Å²) in [5.74, 6) is 7.78.